The Bertz CT molecular complexity index is 640. The molecule has 2 rings (SSSR count). The monoisotopic (exact) mass is 255 g/mol. The largest absolute Gasteiger partial charge is 0.362 e. The fourth-order valence-corrected chi connectivity index (χ4v) is 1.95. The van der Waals surface area contributed by atoms with Crippen LogP contribution in [0.1, 0.15) is 11.3 Å². The summed E-state index contributed by atoms with van der Waals surface area (Å²) in [5.74, 6) is 0.336. The summed E-state index contributed by atoms with van der Waals surface area (Å²) in [5.41, 5.74) is 2.91. The molecule has 0 bridgehead atoms. The minimum absolute atomic E-state index is 0.291. The maximum absolute atomic E-state index is 13.0. The van der Waals surface area contributed by atoms with Gasteiger partial charge in [0.15, 0.2) is 0 Å². The van der Waals surface area contributed by atoms with Crippen molar-refractivity contribution in [1.29, 1.82) is 5.26 Å². The van der Waals surface area contributed by atoms with E-state index in [2.05, 4.69) is 11.1 Å². The molecular formula is C15H14FN3. The summed E-state index contributed by atoms with van der Waals surface area (Å²) in [6.07, 6.45) is 0. The fourth-order valence-electron chi connectivity index (χ4n) is 1.95. The van der Waals surface area contributed by atoms with Crippen molar-refractivity contribution in [2.45, 2.75) is 6.92 Å². The number of nitrogens with zero attached hydrogens (tertiary/aromatic N) is 3. The third-order valence-electron chi connectivity index (χ3n) is 2.82. The number of hydrogen-bond donors (Lipinski definition) is 0. The molecule has 19 heavy (non-hydrogen) atoms. The summed E-state index contributed by atoms with van der Waals surface area (Å²) in [6.45, 7) is 1.88. The lowest BCUT2D eigenvalue weighted by molar-refractivity contribution is 0.628. The van der Waals surface area contributed by atoms with Gasteiger partial charge >= 0.3 is 0 Å². The normalized spacial score (nSPS) is 10.1. The van der Waals surface area contributed by atoms with Gasteiger partial charge in [-0.2, -0.15) is 5.26 Å². The standard InChI is InChI=1S/C15H14FN3/c1-10-8-13(11-4-6-12(16)7-5-11)14(9-17)15(18-10)19(2)3/h4-8H,1-3H3. The maximum Gasteiger partial charge on any atom is 0.146 e. The van der Waals surface area contributed by atoms with Crippen LogP contribution in [0, 0.1) is 24.1 Å². The van der Waals surface area contributed by atoms with E-state index < -0.39 is 0 Å². The number of rotatable bonds is 2. The van der Waals surface area contributed by atoms with Gasteiger partial charge in [-0.3, -0.25) is 0 Å². The van der Waals surface area contributed by atoms with E-state index in [0.29, 0.717) is 11.4 Å². The summed E-state index contributed by atoms with van der Waals surface area (Å²) >= 11 is 0. The molecular weight excluding hydrogens is 241 g/mol. The summed E-state index contributed by atoms with van der Waals surface area (Å²) in [7, 11) is 3.69. The quantitative estimate of drug-likeness (QED) is 0.827. The van der Waals surface area contributed by atoms with Crippen molar-refractivity contribution >= 4 is 5.82 Å². The highest BCUT2D eigenvalue weighted by Crippen LogP contribution is 2.29. The van der Waals surface area contributed by atoms with Crippen LogP contribution in [0.5, 0.6) is 0 Å². The fraction of sp³-hybridized carbons (Fsp3) is 0.200. The van der Waals surface area contributed by atoms with E-state index in [-0.39, 0.29) is 5.82 Å². The van der Waals surface area contributed by atoms with Crippen LogP contribution < -0.4 is 4.90 Å². The molecule has 0 saturated carbocycles. The highest BCUT2D eigenvalue weighted by molar-refractivity contribution is 5.76. The van der Waals surface area contributed by atoms with Crippen molar-refractivity contribution < 1.29 is 4.39 Å². The Labute approximate surface area is 111 Å². The van der Waals surface area contributed by atoms with Crippen LogP contribution >= 0.6 is 0 Å². The van der Waals surface area contributed by atoms with Gasteiger partial charge in [0, 0.05) is 25.4 Å². The first kappa shape index (κ1) is 13.0. The molecule has 2 aromatic rings. The van der Waals surface area contributed by atoms with Gasteiger partial charge in [-0.15, -0.1) is 0 Å². The smallest absolute Gasteiger partial charge is 0.146 e. The highest BCUT2D eigenvalue weighted by Gasteiger charge is 2.14. The second kappa shape index (κ2) is 5.07. The van der Waals surface area contributed by atoms with E-state index in [9.17, 15) is 9.65 Å². The van der Waals surface area contributed by atoms with Crippen LogP contribution in [0.2, 0.25) is 0 Å². The topological polar surface area (TPSA) is 39.9 Å². The minimum atomic E-state index is -0.291. The van der Waals surface area contributed by atoms with Crippen molar-refractivity contribution in [2.24, 2.45) is 0 Å². The molecule has 0 saturated heterocycles. The molecule has 0 aliphatic heterocycles. The zero-order chi connectivity index (χ0) is 14.0. The van der Waals surface area contributed by atoms with E-state index in [1.54, 1.807) is 17.0 Å². The summed E-state index contributed by atoms with van der Waals surface area (Å²) in [6, 6.07) is 10.2. The van der Waals surface area contributed by atoms with Gasteiger partial charge in [-0.1, -0.05) is 12.1 Å². The van der Waals surface area contributed by atoms with Crippen LogP contribution in [-0.4, -0.2) is 19.1 Å². The first-order valence-electron chi connectivity index (χ1n) is 5.88. The molecule has 96 valence electrons. The van der Waals surface area contributed by atoms with Gasteiger partial charge in [0.05, 0.1) is 0 Å². The first-order valence-corrected chi connectivity index (χ1v) is 5.88. The molecule has 0 unspecified atom stereocenters. The number of benzene rings is 1. The molecule has 1 heterocycles. The Balaban J connectivity index is 2.69. The van der Waals surface area contributed by atoms with Crippen LogP contribution in [-0.2, 0) is 0 Å². The molecule has 0 amide bonds. The van der Waals surface area contributed by atoms with Gasteiger partial charge in [0.25, 0.3) is 0 Å². The van der Waals surface area contributed by atoms with Crippen LogP contribution in [0.25, 0.3) is 11.1 Å². The minimum Gasteiger partial charge on any atom is -0.362 e. The second-order valence-electron chi connectivity index (χ2n) is 4.52. The molecule has 1 aromatic heterocycles. The van der Waals surface area contributed by atoms with Crippen LogP contribution in [0.3, 0.4) is 0 Å². The predicted molar refractivity (Wildman–Crippen MR) is 73.4 cm³/mol. The Hall–Kier alpha value is -2.41. The van der Waals surface area contributed by atoms with Crippen LogP contribution in [0.4, 0.5) is 10.2 Å². The Morgan fingerprint density at radius 2 is 1.84 bits per heavy atom. The van der Waals surface area contributed by atoms with Gasteiger partial charge in [0.1, 0.15) is 23.3 Å². The van der Waals surface area contributed by atoms with E-state index >= 15 is 0 Å². The Kier molecular flexibility index (Phi) is 3.48. The third kappa shape index (κ3) is 2.55. The molecule has 4 heteroatoms. The lowest BCUT2D eigenvalue weighted by Gasteiger charge is -2.16. The Morgan fingerprint density at radius 3 is 2.37 bits per heavy atom. The average molecular weight is 255 g/mol. The number of aromatic nitrogens is 1. The van der Waals surface area contributed by atoms with E-state index in [4.69, 9.17) is 0 Å². The van der Waals surface area contributed by atoms with E-state index in [1.807, 2.05) is 27.1 Å². The number of aryl methyl sites for hydroxylation is 1. The van der Waals surface area contributed by atoms with E-state index in [1.165, 1.54) is 12.1 Å². The number of hydrogen-bond acceptors (Lipinski definition) is 3. The summed E-state index contributed by atoms with van der Waals surface area (Å²) in [5, 5.41) is 9.36. The molecule has 1 aromatic carbocycles. The van der Waals surface area contributed by atoms with E-state index in [0.717, 1.165) is 16.8 Å². The number of anilines is 1. The lowest BCUT2D eigenvalue weighted by atomic mass is 10.00. The molecule has 0 spiro atoms. The SMILES string of the molecule is Cc1cc(-c2ccc(F)cc2)c(C#N)c(N(C)C)n1. The molecule has 0 aliphatic carbocycles. The summed E-state index contributed by atoms with van der Waals surface area (Å²) < 4.78 is 13.0. The Morgan fingerprint density at radius 1 is 1.21 bits per heavy atom. The molecule has 0 N–H and O–H groups in total. The second-order valence-corrected chi connectivity index (χ2v) is 4.52. The predicted octanol–water partition coefficient (Wildman–Crippen LogP) is 3.13. The van der Waals surface area contributed by atoms with Gasteiger partial charge < -0.3 is 4.90 Å². The van der Waals surface area contributed by atoms with Gasteiger partial charge in [0.2, 0.25) is 0 Å². The first-order chi connectivity index (χ1) is 9.02. The molecule has 0 aliphatic rings. The van der Waals surface area contributed by atoms with Gasteiger partial charge in [-0.25, -0.2) is 9.37 Å². The lowest BCUT2D eigenvalue weighted by Crippen LogP contribution is -2.13. The molecule has 0 radical (unpaired) electrons. The molecule has 0 atom stereocenters. The zero-order valence-electron chi connectivity index (χ0n) is 11.1. The average Bonchev–Trinajstić information content (AvgIpc) is 2.38. The highest BCUT2D eigenvalue weighted by atomic mass is 19.1. The van der Waals surface area contributed by atoms with Gasteiger partial charge in [-0.05, 0) is 30.7 Å². The van der Waals surface area contributed by atoms with Crippen molar-refractivity contribution in [3.8, 4) is 17.2 Å². The van der Waals surface area contributed by atoms with Crippen molar-refractivity contribution in [3.63, 3.8) is 0 Å². The molecule has 3 nitrogen and oxygen atoms in total. The van der Waals surface area contributed by atoms with Crippen molar-refractivity contribution in [1.82, 2.24) is 4.98 Å². The number of nitriles is 1. The molecule has 0 fully saturated rings. The van der Waals surface area contributed by atoms with Crippen LogP contribution in [0.15, 0.2) is 30.3 Å². The summed E-state index contributed by atoms with van der Waals surface area (Å²) in [4.78, 5) is 6.18. The zero-order valence-corrected chi connectivity index (χ0v) is 11.1. The van der Waals surface area contributed by atoms with Crippen molar-refractivity contribution in [3.05, 3.63) is 47.4 Å². The third-order valence-corrected chi connectivity index (χ3v) is 2.82. The number of pyridine rings is 1. The maximum atomic E-state index is 13.0. The van der Waals surface area contributed by atoms with Crippen molar-refractivity contribution in [2.75, 3.05) is 19.0 Å². The number of halogens is 1.